The van der Waals surface area contributed by atoms with Crippen molar-refractivity contribution in [3.05, 3.63) is 30.1 Å². The summed E-state index contributed by atoms with van der Waals surface area (Å²) in [5.74, 6) is 2.20. The van der Waals surface area contributed by atoms with Crippen LogP contribution in [0.3, 0.4) is 0 Å². The van der Waals surface area contributed by atoms with Crippen molar-refractivity contribution >= 4 is 17.6 Å². The highest BCUT2D eigenvalue weighted by molar-refractivity contribution is 5.55. The van der Waals surface area contributed by atoms with Gasteiger partial charge in [0.25, 0.3) is 0 Å². The molecule has 2 heterocycles. The van der Waals surface area contributed by atoms with Crippen molar-refractivity contribution in [1.29, 1.82) is 0 Å². The van der Waals surface area contributed by atoms with E-state index < -0.39 is 0 Å². The smallest absolute Gasteiger partial charge is 0.232 e. The molecule has 7 nitrogen and oxygen atoms in total. The van der Waals surface area contributed by atoms with E-state index in [1.807, 2.05) is 24.3 Å². The largest absolute Gasteiger partial charge is 0.497 e. The van der Waals surface area contributed by atoms with Crippen LogP contribution in [0.25, 0.3) is 0 Å². The molecule has 1 aromatic carbocycles. The third-order valence-electron chi connectivity index (χ3n) is 4.33. The van der Waals surface area contributed by atoms with Crippen LogP contribution in [0.5, 0.6) is 5.75 Å². The van der Waals surface area contributed by atoms with Crippen molar-refractivity contribution in [2.24, 2.45) is 0 Å². The summed E-state index contributed by atoms with van der Waals surface area (Å²) in [5.41, 5.74) is 6.73. The predicted molar refractivity (Wildman–Crippen MR) is 94.2 cm³/mol. The summed E-state index contributed by atoms with van der Waals surface area (Å²) in [6.45, 7) is 4.03. The topological polar surface area (TPSA) is 89.2 Å². The van der Waals surface area contributed by atoms with Crippen molar-refractivity contribution in [2.45, 2.75) is 38.8 Å². The third kappa shape index (κ3) is 4.11. The molecule has 1 aromatic heterocycles. The fourth-order valence-electron chi connectivity index (χ4n) is 2.94. The minimum atomic E-state index is 0.237. The number of nitrogens with zero attached hydrogens (tertiary/aromatic N) is 4. The van der Waals surface area contributed by atoms with Gasteiger partial charge in [0.2, 0.25) is 11.9 Å². The molecule has 3 N–H and O–H groups in total. The zero-order chi connectivity index (χ0) is 16.9. The first kappa shape index (κ1) is 16.4. The lowest BCUT2D eigenvalue weighted by Crippen LogP contribution is -2.37. The Morgan fingerprint density at radius 3 is 2.71 bits per heavy atom. The van der Waals surface area contributed by atoms with Crippen molar-refractivity contribution < 1.29 is 4.74 Å². The van der Waals surface area contributed by atoms with E-state index >= 15 is 0 Å². The Bertz CT molecular complexity index is 675. The van der Waals surface area contributed by atoms with E-state index in [1.54, 1.807) is 7.11 Å². The van der Waals surface area contributed by atoms with Crippen molar-refractivity contribution in [3.8, 4) is 5.75 Å². The summed E-state index contributed by atoms with van der Waals surface area (Å²) in [6.07, 6.45) is 3.74. The molecule has 3 rings (SSSR count). The minimum Gasteiger partial charge on any atom is -0.497 e. The summed E-state index contributed by atoms with van der Waals surface area (Å²) in [5, 5.41) is 3.17. The van der Waals surface area contributed by atoms with Gasteiger partial charge in [-0.15, -0.1) is 0 Å². The number of aromatic nitrogens is 3. The number of ether oxygens (including phenoxy) is 1. The lowest BCUT2D eigenvalue weighted by molar-refractivity contribution is 0.149. The van der Waals surface area contributed by atoms with Crippen molar-refractivity contribution in [3.63, 3.8) is 0 Å². The molecule has 1 atom stereocenters. The lowest BCUT2D eigenvalue weighted by atomic mass is 10.0. The Morgan fingerprint density at radius 1 is 1.21 bits per heavy atom. The Morgan fingerprint density at radius 2 is 2.00 bits per heavy atom. The van der Waals surface area contributed by atoms with E-state index in [4.69, 9.17) is 10.5 Å². The van der Waals surface area contributed by atoms with Gasteiger partial charge in [-0.2, -0.15) is 15.0 Å². The van der Waals surface area contributed by atoms with E-state index in [0.717, 1.165) is 18.0 Å². The van der Waals surface area contributed by atoms with Crippen LogP contribution in [-0.2, 0) is 6.54 Å². The molecule has 24 heavy (non-hydrogen) atoms. The van der Waals surface area contributed by atoms with Crippen LogP contribution in [-0.4, -0.2) is 39.5 Å². The average Bonchev–Trinajstić information content (AvgIpc) is 2.57. The normalized spacial score (nSPS) is 18.3. The molecule has 0 saturated carbocycles. The van der Waals surface area contributed by atoms with E-state index in [0.29, 0.717) is 24.4 Å². The van der Waals surface area contributed by atoms with E-state index in [9.17, 15) is 0 Å². The molecule has 0 aliphatic carbocycles. The molecule has 0 radical (unpaired) electrons. The van der Waals surface area contributed by atoms with Gasteiger partial charge in [0.15, 0.2) is 0 Å². The Kier molecular flexibility index (Phi) is 5.10. The average molecular weight is 328 g/mol. The monoisotopic (exact) mass is 328 g/mol. The van der Waals surface area contributed by atoms with Gasteiger partial charge in [0.1, 0.15) is 11.6 Å². The van der Waals surface area contributed by atoms with Gasteiger partial charge in [0.05, 0.1) is 13.7 Å². The molecule has 0 amide bonds. The number of nitrogens with one attached hydrogen (secondary N) is 1. The molecule has 7 heteroatoms. The summed E-state index contributed by atoms with van der Waals surface area (Å²) < 4.78 is 5.16. The molecule has 0 spiro atoms. The van der Waals surface area contributed by atoms with Gasteiger partial charge in [-0.25, -0.2) is 0 Å². The SMILES string of the molecule is COc1ccc(Nc2nc(N)nc(CN3CCCCC3C)n2)cc1. The maximum absolute atomic E-state index is 5.86. The summed E-state index contributed by atoms with van der Waals surface area (Å²) in [7, 11) is 1.64. The zero-order valence-electron chi connectivity index (χ0n) is 14.2. The highest BCUT2D eigenvalue weighted by Crippen LogP contribution is 2.20. The second-order valence-electron chi connectivity index (χ2n) is 6.10. The van der Waals surface area contributed by atoms with Crippen LogP contribution in [0.15, 0.2) is 24.3 Å². The highest BCUT2D eigenvalue weighted by Gasteiger charge is 2.19. The first-order chi connectivity index (χ1) is 11.6. The maximum Gasteiger partial charge on any atom is 0.232 e. The predicted octanol–water partition coefficient (Wildman–Crippen LogP) is 2.58. The zero-order valence-corrected chi connectivity index (χ0v) is 14.2. The second kappa shape index (κ2) is 7.44. The molecule has 1 aliphatic heterocycles. The Hall–Kier alpha value is -2.41. The van der Waals surface area contributed by atoms with Crippen molar-refractivity contribution in [1.82, 2.24) is 19.9 Å². The third-order valence-corrected chi connectivity index (χ3v) is 4.33. The van der Waals surface area contributed by atoms with Crippen LogP contribution in [0.2, 0.25) is 0 Å². The Labute approximate surface area is 142 Å². The molecule has 0 bridgehead atoms. The molecule has 2 aromatic rings. The van der Waals surface area contributed by atoms with Gasteiger partial charge >= 0.3 is 0 Å². The molecular formula is C17H24N6O. The number of likely N-dealkylation sites (tertiary alicyclic amines) is 1. The van der Waals surface area contributed by atoms with E-state index in [2.05, 4.69) is 32.1 Å². The first-order valence-corrected chi connectivity index (χ1v) is 8.29. The van der Waals surface area contributed by atoms with E-state index in [-0.39, 0.29) is 5.95 Å². The minimum absolute atomic E-state index is 0.237. The standard InChI is InChI=1S/C17H24N6O/c1-12-5-3-4-10-23(12)11-15-20-16(18)22-17(21-15)19-13-6-8-14(24-2)9-7-13/h6-9,12H,3-5,10-11H2,1-2H3,(H3,18,19,20,21,22). The van der Waals surface area contributed by atoms with Gasteiger partial charge in [-0.3, -0.25) is 4.90 Å². The summed E-state index contributed by atoms with van der Waals surface area (Å²) in [4.78, 5) is 15.4. The summed E-state index contributed by atoms with van der Waals surface area (Å²) in [6, 6.07) is 8.12. The van der Waals surface area contributed by atoms with Gasteiger partial charge in [-0.1, -0.05) is 6.42 Å². The lowest BCUT2D eigenvalue weighted by Gasteiger charge is -2.32. The molecule has 1 aliphatic rings. The van der Waals surface area contributed by atoms with Crippen LogP contribution in [0.1, 0.15) is 32.0 Å². The molecule has 1 unspecified atom stereocenters. The molecule has 128 valence electrons. The van der Waals surface area contributed by atoms with Crippen molar-refractivity contribution in [2.75, 3.05) is 24.7 Å². The number of hydrogen-bond acceptors (Lipinski definition) is 7. The van der Waals surface area contributed by atoms with Gasteiger partial charge in [0, 0.05) is 11.7 Å². The fraction of sp³-hybridized carbons (Fsp3) is 0.471. The number of piperidine rings is 1. The number of rotatable bonds is 5. The highest BCUT2D eigenvalue weighted by atomic mass is 16.5. The van der Waals surface area contributed by atoms with Gasteiger partial charge < -0.3 is 15.8 Å². The van der Waals surface area contributed by atoms with E-state index in [1.165, 1.54) is 19.3 Å². The van der Waals surface area contributed by atoms with Gasteiger partial charge in [-0.05, 0) is 50.6 Å². The number of hydrogen-bond donors (Lipinski definition) is 2. The number of benzene rings is 1. The second-order valence-corrected chi connectivity index (χ2v) is 6.10. The number of nitrogens with two attached hydrogens (primary N) is 1. The van der Waals surface area contributed by atoms with Crippen LogP contribution in [0, 0.1) is 0 Å². The number of methoxy groups -OCH3 is 1. The Balaban J connectivity index is 1.72. The molecule has 1 saturated heterocycles. The van der Waals surface area contributed by atoms with Crippen LogP contribution < -0.4 is 15.8 Å². The quantitative estimate of drug-likeness (QED) is 0.872. The molecular weight excluding hydrogens is 304 g/mol. The number of anilines is 3. The first-order valence-electron chi connectivity index (χ1n) is 8.29. The number of nitrogen functional groups attached to an aromatic ring is 1. The molecule has 1 fully saturated rings. The fourth-order valence-corrected chi connectivity index (χ4v) is 2.94. The maximum atomic E-state index is 5.86. The van der Waals surface area contributed by atoms with Crippen LogP contribution in [0.4, 0.5) is 17.6 Å². The summed E-state index contributed by atoms with van der Waals surface area (Å²) >= 11 is 0. The van der Waals surface area contributed by atoms with Crippen LogP contribution >= 0.6 is 0 Å².